The second-order valence-corrected chi connectivity index (χ2v) is 5.26. The van der Waals surface area contributed by atoms with Gasteiger partial charge in [0.1, 0.15) is 0 Å². The van der Waals surface area contributed by atoms with Crippen molar-refractivity contribution in [1.82, 2.24) is 15.2 Å². The molecule has 0 aliphatic rings. The Hall–Kier alpha value is -2.35. The zero-order valence-corrected chi connectivity index (χ0v) is 12.5. The summed E-state index contributed by atoms with van der Waals surface area (Å²) < 4.78 is 0. The number of carbonyl (C=O) groups excluding carboxylic acids is 2. The highest BCUT2D eigenvalue weighted by Gasteiger charge is 2.05. The van der Waals surface area contributed by atoms with Crippen LogP contribution in [0.15, 0.2) is 29.4 Å². The van der Waals surface area contributed by atoms with Crippen molar-refractivity contribution in [2.45, 2.75) is 24.8 Å². The van der Waals surface area contributed by atoms with E-state index in [1.54, 1.807) is 0 Å². The first-order chi connectivity index (χ1) is 10.0. The molecule has 0 radical (unpaired) electrons. The van der Waals surface area contributed by atoms with Crippen molar-refractivity contribution >= 4 is 35.2 Å². The molecule has 2 rings (SSSR count). The molecule has 3 N–H and O–H groups in total. The fourth-order valence-electron chi connectivity index (χ4n) is 1.57. The molecule has 0 aliphatic carbocycles. The Balaban J connectivity index is 1.89. The SMILES string of the molecule is CC(=O)Nc1ccc(CSc2n[nH]c(NC(C)=O)n2)cc1. The second kappa shape index (κ2) is 6.89. The van der Waals surface area contributed by atoms with Crippen molar-refractivity contribution in [3.63, 3.8) is 0 Å². The number of carbonyl (C=O) groups is 2. The summed E-state index contributed by atoms with van der Waals surface area (Å²) in [6.07, 6.45) is 0. The van der Waals surface area contributed by atoms with Gasteiger partial charge in [0.25, 0.3) is 0 Å². The Labute approximate surface area is 125 Å². The number of nitrogens with zero attached hydrogens (tertiary/aromatic N) is 2. The maximum atomic E-state index is 10.9. The number of benzene rings is 1. The molecule has 1 aromatic heterocycles. The van der Waals surface area contributed by atoms with E-state index < -0.39 is 0 Å². The molecular weight excluding hydrogens is 290 g/mol. The largest absolute Gasteiger partial charge is 0.326 e. The summed E-state index contributed by atoms with van der Waals surface area (Å²) >= 11 is 1.45. The van der Waals surface area contributed by atoms with Crippen molar-refractivity contribution in [3.8, 4) is 0 Å². The third kappa shape index (κ3) is 4.92. The van der Waals surface area contributed by atoms with Crippen molar-refractivity contribution in [1.29, 1.82) is 0 Å². The molecule has 0 fully saturated rings. The van der Waals surface area contributed by atoms with Crippen molar-refractivity contribution in [2.75, 3.05) is 10.6 Å². The molecule has 7 nitrogen and oxygen atoms in total. The lowest BCUT2D eigenvalue weighted by Crippen LogP contribution is -2.06. The topological polar surface area (TPSA) is 99.8 Å². The van der Waals surface area contributed by atoms with Crippen molar-refractivity contribution in [2.24, 2.45) is 0 Å². The summed E-state index contributed by atoms with van der Waals surface area (Å²) in [6, 6.07) is 7.55. The number of hydrogen-bond donors (Lipinski definition) is 3. The van der Waals surface area contributed by atoms with Gasteiger partial charge in [0, 0.05) is 25.3 Å². The quantitative estimate of drug-likeness (QED) is 0.734. The molecular formula is C13H15N5O2S. The van der Waals surface area contributed by atoms with Gasteiger partial charge in [-0.15, -0.1) is 5.10 Å². The van der Waals surface area contributed by atoms with Crippen LogP contribution in [0, 0.1) is 0 Å². The predicted molar refractivity (Wildman–Crippen MR) is 81.0 cm³/mol. The van der Waals surface area contributed by atoms with E-state index in [1.165, 1.54) is 25.6 Å². The molecule has 0 saturated carbocycles. The molecule has 21 heavy (non-hydrogen) atoms. The standard InChI is InChI=1S/C13H15N5O2S/c1-8(19)14-11-5-3-10(4-6-11)7-21-13-16-12(17-18-13)15-9(2)20/h3-6H,7H2,1-2H3,(H,14,19)(H2,15,16,17,18,20). The zero-order valence-electron chi connectivity index (χ0n) is 11.6. The highest BCUT2D eigenvalue weighted by atomic mass is 32.2. The molecule has 2 aromatic rings. The molecule has 2 amide bonds. The third-order valence-electron chi connectivity index (χ3n) is 2.40. The highest BCUT2D eigenvalue weighted by molar-refractivity contribution is 7.98. The first-order valence-electron chi connectivity index (χ1n) is 6.22. The molecule has 0 unspecified atom stereocenters. The summed E-state index contributed by atoms with van der Waals surface area (Å²) in [5.41, 5.74) is 1.85. The Bertz CT molecular complexity index is 638. The average molecular weight is 305 g/mol. The van der Waals surface area contributed by atoms with Crippen LogP contribution in [0.4, 0.5) is 11.6 Å². The summed E-state index contributed by atoms with van der Waals surface area (Å²) in [5, 5.41) is 12.4. The van der Waals surface area contributed by atoms with Gasteiger partial charge in [0.2, 0.25) is 22.9 Å². The molecule has 8 heteroatoms. The smallest absolute Gasteiger partial charge is 0.226 e. The first-order valence-corrected chi connectivity index (χ1v) is 7.21. The van der Waals surface area contributed by atoms with Gasteiger partial charge in [-0.25, -0.2) is 5.10 Å². The molecule has 0 atom stereocenters. The molecule has 0 bridgehead atoms. The molecule has 0 saturated heterocycles. The number of amides is 2. The van der Waals surface area contributed by atoms with Gasteiger partial charge in [-0.05, 0) is 17.7 Å². The lowest BCUT2D eigenvalue weighted by Gasteiger charge is -2.03. The van der Waals surface area contributed by atoms with E-state index in [4.69, 9.17) is 0 Å². The number of thioether (sulfide) groups is 1. The summed E-state index contributed by atoms with van der Waals surface area (Å²) in [4.78, 5) is 25.9. The van der Waals surface area contributed by atoms with Crippen LogP contribution in [0.5, 0.6) is 0 Å². The minimum atomic E-state index is -0.198. The first kappa shape index (κ1) is 15.0. The Morgan fingerprint density at radius 3 is 2.43 bits per heavy atom. The van der Waals surface area contributed by atoms with Gasteiger partial charge in [0.15, 0.2) is 0 Å². The van der Waals surface area contributed by atoms with Gasteiger partial charge in [-0.1, -0.05) is 23.9 Å². The average Bonchev–Trinajstić information content (AvgIpc) is 2.84. The van der Waals surface area contributed by atoms with Crippen LogP contribution in [0.25, 0.3) is 0 Å². The van der Waals surface area contributed by atoms with Crippen LogP contribution in [0.3, 0.4) is 0 Å². The van der Waals surface area contributed by atoms with E-state index in [0.717, 1.165) is 11.3 Å². The number of hydrogen-bond acceptors (Lipinski definition) is 5. The molecule has 110 valence electrons. The van der Waals surface area contributed by atoms with Crippen molar-refractivity contribution in [3.05, 3.63) is 29.8 Å². The van der Waals surface area contributed by atoms with E-state index in [-0.39, 0.29) is 11.8 Å². The van der Waals surface area contributed by atoms with Crippen LogP contribution < -0.4 is 10.6 Å². The molecule has 0 spiro atoms. The number of anilines is 2. The number of aromatic nitrogens is 3. The van der Waals surface area contributed by atoms with E-state index in [2.05, 4.69) is 25.8 Å². The number of aromatic amines is 1. The molecule has 1 aromatic carbocycles. The number of nitrogens with one attached hydrogen (secondary N) is 3. The summed E-state index contributed by atoms with van der Waals surface area (Å²) in [7, 11) is 0. The van der Waals surface area contributed by atoms with E-state index in [1.807, 2.05) is 24.3 Å². The lowest BCUT2D eigenvalue weighted by atomic mass is 10.2. The number of H-pyrrole nitrogens is 1. The van der Waals surface area contributed by atoms with Crippen molar-refractivity contribution < 1.29 is 9.59 Å². The minimum absolute atomic E-state index is 0.0941. The van der Waals surface area contributed by atoms with Crippen LogP contribution in [-0.2, 0) is 15.3 Å². The van der Waals surface area contributed by atoms with Gasteiger partial charge in [-0.3, -0.25) is 14.9 Å². The van der Waals surface area contributed by atoms with Crippen LogP contribution in [-0.4, -0.2) is 27.0 Å². The van der Waals surface area contributed by atoms with Gasteiger partial charge < -0.3 is 5.32 Å². The van der Waals surface area contributed by atoms with E-state index >= 15 is 0 Å². The van der Waals surface area contributed by atoms with E-state index in [9.17, 15) is 9.59 Å². The minimum Gasteiger partial charge on any atom is -0.326 e. The number of rotatable bonds is 5. The Morgan fingerprint density at radius 1 is 1.14 bits per heavy atom. The van der Waals surface area contributed by atoms with Gasteiger partial charge in [-0.2, -0.15) is 4.98 Å². The van der Waals surface area contributed by atoms with E-state index in [0.29, 0.717) is 16.9 Å². The Morgan fingerprint density at radius 2 is 1.81 bits per heavy atom. The maximum absolute atomic E-state index is 10.9. The Kier molecular flexibility index (Phi) is 4.94. The second-order valence-electron chi connectivity index (χ2n) is 4.31. The van der Waals surface area contributed by atoms with Gasteiger partial charge in [0.05, 0.1) is 0 Å². The predicted octanol–water partition coefficient (Wildman–Crippen LogP) is 2.01. The normalized spacial score (nSPS) is 10.2. The van der Waals surface area contributed by atoms with Crippen LogP contribution >= 0.6 is 11.8 Å². The fourth-order valence-corrected chi connectivity index (χ4v) is 2.32. The summed E-state index contributed by atoms with van der Waals surface area (Å²) in [6.45, 7) is 2.88. The lowest BCUT2D eigenvalue weighted by molar-refractivity contribution is -0.115. The fraction of sp³-hybridized carbons (Fsp3) is 0.231. The highest BCUT2D eigenvalue weighted by Crippen LogP contribution is 2.21. The molecule has 1 heterocycles. The summed E-state index contributed by atoms with van der Waals surface area (Å²) in [5.74, 6) is 0.739. The van der Waals surface area contributed by atoms with Crippen LogP contribution in [0.2, 0.25) is 0 Å². The van der Waals surface area contributed by atoms with Crippen LogP contribution in [0.1, 0.15) is 19.4 Å². The van der Waals surface area contributed by atoms with Gasteiger partial charge >= 0.3 is 0 Å². The zero-order chi connectivity index (χ0) is 15.2. The third-order valence-corrected chi connectivity index (χ3v) is 3.32. The monoisotopic (exact) mass is 305 g/mol. The molecule has 0 aliphatic heterocycles. The maximum Gasteiger partial charge on any atom is 0.226 e.